The number of nitrogens with zero attached hydrogens (tertiary/aromatic N) is 1. The predicted octanol–water partition coefficient (Wildman–Crippen LogP) is 3.15. The Morgan fingerprint density at radius 1 is 1.36 bits per heavy atom. The van der Waals surface area contributed by atoms with E-state index in [0.29, 0.717) is 5.56 Å². The van der Waals surface area contributed by atoms with Crippen LogP contribution in [0.15, 0.2) is 12.1 Å². The SMILES string of the molecule is CC(C)c1cc(F)c(F)c(CC#N)c1. The third-order valence-corrected chi connectivity index (χ3v) is 2.06. The van der Waals surface area contributed by atoms with E-state index in [1.165, 1.54) is 6.07 Å². The van der Waals surface area contributed by atoms with Crippen LogP contribution in [0.2, 0.25) is 0 Å². The molecule has 1 aromatic carbocycles. The van der Waals surface area contributed by atoms with Crippen LogP contribution in [0.5, 0.6) is 0 Å². The maximum atomic E-state index is 13.1. The topological polar surface area (TPSA) is 23.8 Å². The summed E-state index contributed by atoms with van der Waals surface area (Å²) in [5.41, 5.74) is 0.852. The molecule has 0 atom stereocenters. The largest absolute Gasteiger partial charge is 0.204 e. The minimum absolute atomic E-state index is 0.0939. The van der Waals surface area contributed by atoms with E-state index >= 15 is 0 Å². The Morgan fingerprint density at radius 2 is 2.00 bits per heavy atom. The van der Waals surface area contributed by atoms with Gasteiger partial charge in [0.05, 0.1) is 12.5 Å². The van der Waals surface area contributed by atoms with Crippen molar-refractivity contribution >= 4 is 0 Å². The number of nitriles is 1. The highest BCUT2D eigenvalue weighted by molar-refractivity contribution is 5.30. The lowest BCUT2D eigenvalue weighted by atomic mass is 9.99. The van der Waals surface area contributed by atoms with Crippen LogP contribution in [-0.2, 0) is 6.42 Å². The Morgan fingerprint density at radius 3 is 2.50 bits per heavy atom. The molecule has 0 saturated heterocycles. The first kappa shape index (κ1) is 10.6. The first-order valence-electron chi connectivity index (χ1n) is 4.41. The first-order valence-corrected chi connectivity index (χ1v) is 4.41. The smallest absolute Gasteiger partial charge is 0.163 e. The minimum atomic E-state index is -0.907. The molecule has 0 aliphatic heterocycles. The predicted molar refractivity (Wildman–Crippen MR) is 49.8 cm³/mol. The van der Waals surface area contributed by atoms with Crippen molar-refractivity contribution < 1.29 is 8.78 Å². The van der Waals surface area contributed by atoms with Crippen LogP contribution in [0.3, 0.4) is 0 Å². The Balaban J connectivity index is 3.22. The van der Waals surface area contributed by atoms with Gasteiger partial charge in [-0.25, -0.2) is 8.78 Å². The molecule has 0 radical (unpaired) electrons. The fourth-order valence-corrected chi connectivity index (χ4v) is 1.22. The van der Waals surface area contributed by atoms with Crippen molar-refractivity contribution in [2.45, 2.75) is 26.2 Å². The fraction of sp³-hybridized carbons (Fsp3) is 0.364. The highest BCUT2D eigenvalue weighted by atomic mass is 19.2. The van der Waals surface area contributed by atoms with Crippen LogP contribution < -0.4 is 0 Å². The van der Waals surface area contributed by atoms with Gasteiger partial charge in [-0.05, 0) is 17.5 Å². The lowest BCUT2D eigenvalue weighted by Crippen LogP contribution is -1.98. The molecule has 14 heavy (non-hydrogen) atoms. The minimum Gasteiger partial charge on any atom is -0.204 e. The summed E-state index contributed by atoms with van der Waals surface area (Å²) in [6.45, 7) is 3.78. The normalized spacial score (nSPS) is 10.3. The lowest BCUT2D eigenvalue weighted by Gasteiger charge is -2.08. The van der Waals surface area contributed by atoms with Crippen molar-refractivity contribution in [3.63, 3.8) is 0 Å². The molecule has 0 amide bonds. The van der Waals surface area contributed by atoms with Gasteiger partial charge in [0.25, 0.3) is 0 Å². The second-order valence-electron chi connectivity index (χ2n) is 3.47. The standard InChI is InChI=1S/C11H11F2N/c1-7(2)9-5-8(3-4-14)11(13)10(12)6-9/h5-7H,3H2,1-2H3. The summed E-state index contributed by atoms with van der Waals surface area (Å²) in [6, 6.07) is 4.54. The van der Waals surface area contributed by atoms with Crippen LogP contribution in [0, 0.1) is 23.0 Å². The Kier molecular flexibility index (Phi) is 3.19. The lowest BCUT2D eigenvalue weighted by molar-refractivity contribution is 0.499. The van der Waals surface area contributed by atoms with Crippen molar-refractivity contribution in [3.8, 4) is 6.07 Å². The van der Waals surface area contributed by atoms with E-state index in [1.807, 2.05) is 19.9 Å². The van der Waals surface area contributed by atoms with Gasteiger partial charge >= 0.3 is 0 Å². The van der Waals surface area contributed by atoms with Crippen molar-refractivity contribution in [2.24, 2.45) is 0 Å². The number of hydrogen-bond donors (Lipinski definition) is 0. The molecule has 3 heteroatoms. The van der Waals surface area contributed by atoms with Crippen LogP contribution in [0.4, 0.5) is 8.78 Å². The van der Waals surface area contributed by atoms with E-state index in [1.54, 1.807) is 6.07 Å². The number of halogens is 2. The maximum absolute atomic E-state index is 13.1. The first-order chi connectivity index (χ1) is 6.56. The van der Waals surface area contributed by atoms with Crippen molar-refractivity contribution in [1.82, 2.24) is 0 Å². The van der Waals surface area contributed by atoms with E-state index in [9.17, 15) is 8.78 Å². The van der Waals surface area contributed by atoms with Crippen LogP contribution in [-0.4, -0.2) is 0 Å². The molecular formula is C11H11F2N. The molecule has 0 aliphatic rings. The Labute approximate surface area is 82.0 Å². The van der Waals surface area contributed by atoms with E-state index < -0.39 is 11.6 Å². The van der Waals surface area contributed by atoms with Gasteiger partial charge in [0, 0.05) is 5.56 Å². The van der Waals surface area contributed by atoms with Gasteiger partial charge in [0.2, 0.25) is 0 Å². The summed E-state index contributed by atoms with van der Waals surface area (Å²) < 4.78 is 26.1. The Bertz CT molecular complexity index is 378. The summed E-state index contributed by atoms with van der Waals surface area (Å²) in [5, 5.41) is 8.43. The summed E-state index contributed by atoms with van der Waals surface area (Å²) >= 11 is 0. The van der Waals surface area contributed by atoms with Gasteiger partial charge in [-0.1, -0.05) is 19.9 Å². The third-order valence-electron chi connectivity index (χ3n) is 2.06. The maximum Gasteiger partial charge on any atom is 0.163 e. The molecule has 0 heterocycles. The van der Waals surface area contributed by atoms with Gasteiger partial charge in [-0.2, -0.15) is 5.26 Å². The molecule has 0 fully saturated rings. The molecule has 0 N–H and O–H groups in total. The highest BCUT2D eigenvalue weighted by Gasteiger charge is 2.11. The van der Waals surface area contributed by atoms with Crippen molar-refractivity contribution in [2.75, 3.05) is 0 Å². The van der Waals surface area contributed by atoms with Crippen molar-refractivity contribution in [1.29, 1.82) is 5.26 Å². The third kappa shape index (κ3) is 2.08. The molecule has 74 valence electrons. The van der Waals surface area contributed by atoms with Gasteiger partial charge in [0.1, 0.15) is 0 Å². The summed E-state index contributed by atoms with van der Waals surface area (Å²) in [4.78, 5) is 0. The molecule has 0 bridgehead atoms. The van der Waals surface area contributed by atoms with E-state index in [2.05, 4.69) is 0 Å². The highest BCUT2D eigenvalue weighted by Crippen LogP contribution is 2.21. The van der Waals surface area contributed by atoms with Crippen molar-refractivity contribution in [3.05, 3.63) is 34.9 Å². The number of hydrogen-bond acceptors (Lipinski definition) is 1. The molecule has 0 aromatic heterocycles. The molecule has 0 saturated carbocycles. The van der Waals surface area contributed by atoms with E-state index in [4.69, 9.17) is 5.26 Å². The average molecular weight is 195 g/mol. The molecule has 0 aliphatic carbocycles. The second kappa shape index (κ2) is 4.19. The van der Waals surface area contributed by atoms with Gasteiger partial charge in [0.15, 0.2) is 11.6 Å². The van der Waals surface area contributed by atoms with Crippen LogP contribution in [0.1, 0.15) is 30.9 Å². The van der Waals surface area contributed by atoms with Gasteiger partial charge < -0.3 is 0 Å². The molecule has 1 nitrogen and oxygen atoms in total. The van der Waals surface area contributed by atoms with Gasteiger partial charge in [-0.3, -0.25) is 0 Å². The monoisotopic (exact) mass is 195 g/mol. The van der Waals surface area contributed by atoms with Crippen LogP contribution >= 0.6 is 0 Å². The summed E-state index contributed by atoms with van der Waals surface area (Å²) in [5.74, 6) is -1.65. The molecule has 0 unspecified atom stereocenters. The zero-order chi connectivity index (χ0) is 10.7. The van der Waals surface area contributed by atoms with E-state index in [0.717, 1.165) is 0 Å². The average Bonchev–Trinajstić information content (AvgIpc) is 2.12. The number of benzene rings is 1. The zero-order valence-corrected chi connectivity index (χ0v) is 8.14. The molecular weight excluding hydrogens is 184 g/mol. The second-order valence-corrected chi connectivity index (χ2v) is 3.47. The molecule has 1 aromatic rings. The number of rotatable bonds is 2. The van der Waals surface area contributed by atoms with Crippen LogP contribution in [0.25, 0.3) is 0 Å². The summed E-state index contributed by atoms with van der Waals surface area (Å²) in [6.07, 6.45) is -0.0939. The molecule has 1 rings (SSSR count). The quantitative estimate of drug-likeness (QED) is 0.711. The fourth-order valence-electron chi connectivity index (χ4n) is 1.22. The zero-order valence-electron chi connectivity index (χ0n) is 8.14. The van der Waals surface area contributed by atoms with E-state index in [-0.39, 0.29) is 17.9 Å². The summed E-state index contributed by atoms with van der Waals surface area (Å²) in [7, 11) is 0. The van der Waals surface area contributed by atoms with Gasteiger partial charge in [-0.15, -0.1) is 0 Å². The Hall–Kier alpha value is -1.43. The molecule has 0 spiro atoms.